The van der Waals surface area contributed by atoms with E-state index in [4.69, 9.17) is 10.5 Å². The van der Waals surface area contributed by atoms with Gasteiger partial charge < -0.3 is 15.8 Å². The second-order valence-corrected chi connectivity index (χ2v) is 7.65. The molecule has 0 aromatic heterocycles. The van der Waals surface area contributed by atoms with Crippen LogP contribution in [0.25, 0.3) is 0 Å². The summed E-state index contributed by atoms with van der Waals surface area (Å²) in [5, 5.41) is 3.24. The summed E-state index contributed by atoms with van der Waals surface area (Å²) in [6, 6.07) is 8.72. The Kier molecular flexibility index (Phi) is 8.63. The zero-order chi connectivity index (χ0) is 17.6. The molecule has 1 aliphatic carbocycles. The van der Waals surface area contributed by atoms with Crippen molar-refractivity contribution in [2.24, 2.45) is 16.6 Å². The standard InChI is InChI=1S/C20H32N4O.HI/c1-15-12-24(13-16(2)25-15)14-19-8-6-18(7-9-19)11-23-20(21)22-10-17-4-3-5-17;/h6-9,15-17H,3-5,10-14H2,1-2H3,(H3,21,22,23);1H. The molecule has 146 valence electrons. The van der Waals surface area contributed by atoms with Crippen LogP contribution in [0.5, 0.6) is 0 Å². The predicted octanol–water partition coefficient (Wildman–Crippen LogP) is 3.12. The minimum absolute atomic E-state index is 0. The van der Waals surface area contributed by atoms with Gasteiger partial charge in [-0.3, -0.25) is 4.90 Å². The Morgan fingerprint density at radius 1 is 1.15 bits per heavy atom. The Morgan fingerprint density at radius 3 is 2.35 bits per heavy atom. The minimum Gasteiger partial charge on any atom is -0.373 e. The van der Waals surface area contributed by atoms with Crippen LogP contribution in [-0.2, 0) is 17.8 Å². The van der Waals surface area contributed by atoms with E-state index in [2.05, 4.69) is 53.3 Å². The fourth-order valence-electron chi connectivity index (χ4n) is 3.60. The van der Waals surface area contributed by atoms with Crippen LogP contribution in [0.4, 0.5) is 0 Å². The molecule has 0 bridgehead atoms. The van der Waals surface area contributed by atoms with Crippen molar-refractivity contribution in [2.45, 2.75) is 58.4 Å². The highest BCUT2D eigenvalue weighted by molar-refractivity contribution is 14.0. The van der Waals surface area contributed by atoms with E-state index in [0.717, 1.165) is 32.1 Å². The Hall–Kier alpha value is -0.860. The highest BCUT2D eigenvalue weighted by Crippen LogP contribution is 2.25. The summed E-state index contributed by atoms with van der Waals surface area (Å²) < 4.78 is 5.80. The van der Waals surface area contributed by atoms with Gasteiger partial charge in [-0.1, -0.05) is 30.7 Å². The van der Waals surface area contributed by atoms with Gasteiger partial charge in [-0.2, -0.15) is 0 Å². The van der Waals surface area contributed by atoms with Crippen LogP contribution in [0, 0.1) is 5.92 Å². The average Bonchev–Trinajstić information content (AvgIpc) is 2.52. The Bertz CT molecular complexity index is 564. The van der Waals surface area contributed by atoms with Crippen molar-refractivity contribution in [3.05, 3.63) is 35.4 Å². The Balaban J connectivity index is 0.00000243. The minimum atomic E-state index is 0. The van der Waals surface area contributed by atoms with Crippen molar-refractivity contribution in [3.8, 4) is 0 Å². The molecule has 1 heterocycles. The lowest BCUT2D eigenvalue weighted by atomic mass is 9.85. The highest BCUT2D eigenvalue weighted by atomic mass is 127. The summed E-state index contributed by atoms with van der Waals surface area (Å²) >= 11 is 0. The zero-order valence-corrected chi connectivity index (χ0v) is 18.3. The predicted molar refractivity (Wildman–Crippen MR) is 118 cm³/mol. The molecule has 6 heteroatoms. The van der Waals surface area contributed by atoms with Gasteiger partial charge in [-0.25, -0.2) is 4.99 Å². The maximum Gasteiger partial charge on any atom is 0.188 e. The summed E-state index contributed by atoms with van der Waals surface area (Å²) in [5.74, 6) is 1.35. The lowest BCUT2D eigenvalue weighted by molar-refractivity contribution is -0.0704. The molecule has 2 atom stereocenters. The Labute approximate surface area is 174 Å². The van der Waals surface area contributed by atoms with Crippen molar-refractivity contribution >= 4 is 29.9 Å². The van der Waals surface area contributed by atoms with E-state index in [9.17, 15) is 0 Å². The second kappa shape index (κ2) is 10.5. The number of rotatable bonds is 6. The number of nitrogens with one attached hydrogen (secondary N) is 1. The SMILES string of the molecule is CC1CN(Cc2ccc(CN=C(N)NCC3CCC3)cc2)CC(C)O1.I. The Morgan fingerprint density at radius 2 is 1.77 bits per heavy atom. The topological polar surface area (TPSA) is 62.9 Å². The maximum absolute atomic E-state index is 5.95. The van der Waals surface area contributed by atoms with Crippen molar-refractivity contribution < 1.29 is 4.74 Å². The third-order valence-corrected chi connectivity index (χ3v) is 5.15. The summed E-state index contributed by atoms with van der Waals surface area (Å²) in [5.41, 5.74) is 8.48. The number of nitrogens with zero attached hydrogens (tertiary/aromatic N) is 2. The van der Waals surface area contributed by atoms with Crippen molar-refractivity contribution in [2.75, 3.05) is 19.6 Å². The van der Waals surface area contributed by atoms with Crippen LogP contribution in [-0.4, -0.2) is 42.7 Å². The first-order valence-corrected chi connectivity index (χ1v) is 9.58. The monoisotopic (exact) mass is 472 g/mol. The molecule has 3 N–H and O–H groups in total. The first-order chi connectivity index (χ1) is 12.1. The third-order valence-electron chi connectivity index (χ3n) is 5.15. The quantitative estimate of drug-likeness (QED) is 0.380. The van der Waals surface area contributed by atoms with Crippen molar-refractivity contribution in [3.63, 3.8) is 0 Å². The second-order valence-electron chi connectivity index (χ2n) is 7.65. The van der Waals surface area contributed by atoms with E-state index in [1.807, 2.05) is 0 Å². The largest absolute Gasteiger partial charge is 0.373 e. The van der Waals surface area contributed by atoms with E-state index < -0.39 is 0 Å². The fraction of sp³-hybridized carbons (Fsp3) is 0.650. The molecule has 2 unspecified atom stereocenters. The molecule has 1 aromatic carbocycles. The number of benzene rings is 1. The molecular formula is C20H33IN4O. The summed E-state index contributed by atoms with van der Waals surface area (Å²) in [4.78, 5) is 6.91. The van der Waals surface area contributed by atoms with Crippen LogP contribution in [0.1, 0.15) is 44.2 Å². The van der Waals surface area contributed by atoms with Gasteiger partial charge in [0, 0.05) is 26.2 Å². The summed E-state index contributed by atoms with van der Waals surface area (Å²) in [7, 11) is 0. The van der Waals surface area contributed by atoms with Gasteiger partial charge >= 0.3 is 0 Å². The summed E-state index contributed by atoms with van der Waals surface area (Å²) in [6.07, 6.45) is 4.63. The number of hydrogen-bond acceptors (Lipinski definition) is 3. The third kappa shape index (κ3) is 6.70. The molecule has 1 aliphatic heterocycles. The zero-order valence-electron chi connectivity index (χ0n) is 16.0. The molecule has 26 heavy (non-hydrogen) atoms. The van der Waals surface area contributed by atoms with Gasteiger partial charge in [0.1, 0.15) is 0 Å². The van der Waals surface area contributed by atoms with Crippen LogP contribution < -0.4 is 11.1 Å². The molecule has 1 saturated carbocycles. The molecule has 1 saturated heterocycles. The van der Waals surface area contributed by atoms with E-state index in [1.54, 1.807) is 0 Å². The van der Waals surface area contributed by atoms with Gasteiger partial charge in [-0.05, 0) is 43.7 Å². The molecule has 0 radical (unpaired) electrons. The van der Waals surface area contributed by atoms with Crippen molar-refractivity contribution in [1.82, 2.24) is 10.2 Å². The summed E-state index contributed by atoms with van der Waals surface area (Å²) in [6.45, 7) is 8.87. The van der Waals surface area contributed by atoms with E-state index >= 15 is 0 Å². The van der Waals surface area contributed by atoms with Gasteiger partial charge in [-0.15, -0.1) is 24.0 Å². The highest BCUT2D eigenvalue weighted by Gasteiger charge is 2.22. The number of ether oxygens (including phenoxy) is 1. The molecule has 5 nitrogen and oxygen atoms in total. The van der Waals surface area contributed by atoms with Gasteiger partial charge in [0.05, 0.1) is 18.8 Å². The lowest BCUT2D eigenvalue weighted by Gasteiger charge is -2.35. The first kappa shape index (κ1) is 21.4. The van der Waals surface area contributed by atoms with Crippen LogP contribution in [0.15, 0.2) is 29.3 Å². The number of hydrogen-bond donors (Lipinski definition) is 2. The molecule has 3 rings (SSSR count). The van der Waals surface area contributed by atoms with E-state index in [-0.39, 0.29) is 24.0 Å². The van der Waals surface area contributed by atoms with Crippen LogP contribution in [0.3, 0.4) is 0 Å². The maximum atomic E-state index is 5.95. The van der Waals surface area contributed by atoms with Gasteiger partial charge in [0.15, 0.2) is 5.96 Å². The molecule has 2 fully saturated rings. The normalized spacial score (nSPS) is 24.6. The molecule has 0 amide bonds. The average molecular weight is 472 g/mol. The van der Waals surface area contributed by atoms with Crippen LogP contribution >= 0.6 is 24.0 Å². The van der Waals surface area contributed by atoms with Crippen molar-refractivity contribution in [1.29, 1.82) is 0 Å². The smallest absolute Gasteiger partial charge is 0.188 e. The molecule has 1 aromatic rings. The first-order valence-electron chi connectivity index (χ1n) is 9.58. The van der Waals surface area contributed by atoms with Crippen LogP contribution in [0.2, 0.25) is 0 Å². The molecular weight excluding hydrogens is 439 g/mol. The number of aliphatic imine (C=N–C) groups is 1. The van der Waals surface area contributed by atoms with Gasteiger partial charge in [0.25, 0.3) is 0 Å². The van der Waals surface area contributed by atoms with Gasteiger partial charge in [0.2, 0.25) is 0 Å². The fourth-order valence-corrected chi connectivity index (χ4v) is 3.60. The number of morpholine rings is 1. The number of nitrogens with two attached hydrogens (primary N) is 1. The molecule has 0 spiro atoms. The number of guanidine groups is 1. The molecule has 2 aliphatic rings. The number of halogens is 1. The van der Waals surface area contributed by atoms with E-state index in [1.165, 1.54) is 30.4 Å². The lowest BCUT2D eigenvalue weighted by Crippen LogP contribution is -2.44. The van der Waals surface area contributed by atoms with E-state index in [0.29, 0.717) is 24.7 Å².